The zero-order chi connectivity index (χ0) is 22.0. The lowest BCUT2D eigenvalue weighted by molar-refractivity contribution is -0.120. The first kappa shape index (κ1) is 21.7. The zero-order valence-electron chi connectivity index (χ0n) is 17.6. The van der Waals surface area contributed by atoms with E-state index in [1.807, 2.05) is 103 Å². The molecule has 0 saturated heterocycles. The van der Waals surface area contributed by atoms with Gasteiger partial charge in [-0.15, -0.1) is 11.8 Å². The number of thioether (sulfide) groups is 1. The van der Waals surface area contributed by atoms with E-state index >= 15 is 0 Å². The van der Waals surface area contributed by atoms with Crippen LogP contribution in [0.5, 0.6) is 5.75 Å². The fraction of sp³-hybridized carbons (Fsp3) is 0.111. The lowest BCUT2D eigenvalue weighted by Gasteiger charge is -2.17. The smallest absolute Gasteiger partial charge is 0.238 e. The largest absolute Gasteiger partial charge is 0.487 e. The van der Waals surface area contributed by atoms with Crippen molar-refractivity contribution in [2.75, 3.05) is 0 Å². The molecule has 0 aliphatic rings. The molecule has 32 heavy (non-hydrogen) atoms. The van der Waals surface area contributed by atoms with Gasteiger partial charge in [0.2, 0.25) is 5.91 Å². The highest BCUT2D eigenvalue weighted by molar-refractivity contribution is 8.00. The summed E-state index contributed by atoms with van der Waals surface area (Å²) < 4.78 is 5.78. The van der Waals surface area contributed by atoms with Crippen LogP contribution in [0, 0.1) is 0 Å². The molecule has 1 atom stereocenters. The molecule has 4 nitrogen and oxygen atoms in total. The Morgan fingerprint density at radius 3 is 2.22 bits per heavy atom. The van der Waals surface area contributed by atoms with Crippen molar-refractivity contribution >= 4 is 17.7 Å². The van der Waals surface area contributed by atoms with E-state index in [1.165, 1.54) is 0 Å². The highest BCUT2D eigenvalue weighted by Gasteiger charge is 2.21. The van der Waals surface area contributed by atoms with E-state index < -0.39 is 0 Å². The van der Waals surface area contributed by atoms with Crippen molar-refractivity contribution in [3.63, 3.8) is 0 Å². The Hall–Kier alpha value is -3.57. The normalized spacial score (nSPS) is 11.5. The zero-order valence-corrected chi connectivity index (χ0v) is 18.4. The van der Waals surface area contributed by atoms with Gasteiger partial charge in [-0.05, 0) is 47.5 Å². The van der Waals surface area contributed by atoms with Crippen LogP contribution < -0.4 is 10.1 Å². The number of nitrogens with one attached hydrogen (secondary N) is 1. The number of ether oxygens (including phenoxy) is 1. The first-order valence-electron chi connectivity index (χ1n) is 10.4. The predicted molar refractivity (Wildman–Crippen MR) is 128 cm³/mol. The molecule has 0 saturated carbocycles. The van der Waals surface area contributed by atoms with E-state index in [0.29, 0.717) is 13.2 Å². The summed E-state index contributed by atoms with van der Waals surface area (Å²) in [5, 5.41) is 2.76. The van der Waals surface area contributed by atoms with Crippen molar-refractivity contribution in [3.05, 3.63) is 126 Å². The summed E-state index contributed by atoms with van der Waals surface area (Å²) in [4.78, 5) is 18.4. The van der Waals surface area contributed by atoms with Gasteiger partial charge in [-0.2, -0.15) is 0 Å². The average Bonchev–Trinajstić information content (AvgIpc) is 2.87. The van der Waals surface area contributed by atoms with Gasteiger partial charge in [0.1, 0.15) is 17.6 Å². The third kappa shape index (κ3) is 6.22. The number of pyridine rings is 1. The Morgan fingerprint density at radius 1 is 0.844 bits per heavy atom. The molecule has 1 heterocycles. The second kappa shape index (κ2) is 11.2. The van der Waals surface area contributed by atoms with Crippen molar-refractivity contribution in [2.24, 2.45) is 0 Å². The highest BCUT2D eigenvalue weighted by atomic mass is 32.2. The Morgan fingerprint density at radius 2 is 1.53 bits per heavy atom. The Kier molecular flexibility index (Phi) is 7.55. The fourth-order valence-electron chi connectivity index (χ4n) is 3.16. The van der Waals surface area contributed by atoms with Crippen LogP contribution in [0.15, 0.2) is 114 Å². The minimum Gasteiger partial charge on any atom is -0.487 e. The maximum atomic E-state index is 13.1. The van der Waals surface area contributed by atoms with Gasteiger partial charge in [-0.25, -0.2) is 0 Å². The topological polar surface area (TPSA) is 51.2 Å². The van der Waals surface area contributed by atoms with Gasteiger partial charge in [0.15, 0.2) is 0 Å². The SMILES string of the molecule is O=C(NCc1ccc(OCc2ccccn2)cc1)C(Sc1ccccc1)c1ccccc1. The molecule has 4 rings (SSSR count). The van der Waals surface area contributed by atoms with Gasteiger partial charge in [-0.1, -0.05) is 66.7 Å². The third-order valence-corrected chi connectivity index (χ3v) is 6.11. The van der Waals surface area contributed by atoms with E-state index in [4.69, 9.17) is 4.74 Å². The van der Waals surface area contributed by atoms with Crippen LogP contribution in [0.25, 0.3) is 0 Å². The van der Waals surface area contributed by atoms with Crippen LogP contribution in [0.3, 0.4) is 0 Å². The summed E-state index contributed by atoms with van der Waals surface area (Å²) in [6.45, 7) is 0.879. The number of aromatic nitrogens is 1. The number of carbonyl (C=O) groups is 1. The molecule has 4 aromatic rings. The molecule has 1 amide bonds. The second-order valence-electron chi connectivity index (χ2n) is 7.19. The summed E-state index contributed by atoms with van der Waals surface area (Å²) >= 11 is 1.55. The van der Waals surface area contributed by atoms with Crippen molar-refractivity contribution < 1.29 is 9.53 Å². The third-order valence-electron chi connectivity index (χ3n) is 4.84. The number of amides is 1. The van der Waals surface area contributed by atoms with Crippen LogP contribution in [0.4, 0.5) is 0 Å². The Bertz CT molecular complexity index is 1100. The molecule has 160 valence electrons. The van der Waals surface area contributed by atoms with Gasteiger partial charge in [-0.3, -0.25) is 9.78 Å². The van der Waals surface area contributed by atoms with Crippen LogP contribution in [-0.4, -0.2) is 10.9 Å². The molecule has 1 N–H and O–H groups in total. The average molecular weight is 441 g/mol. The van der Waals surface area contributed by atoms with Crippen molar-refractivity contribution in [2.45, 2.75) is 23.3 Å². The second-order valence-corrected chi connectivity index (χ2v) is 8.37. The van der Waals surface area contributed by atoms with Crippen LogP contribution in [0.1, 0.15) is 22.1 Å². The van der Waals surface area contributed by atoms with Crippen molar-refractivity contribution in [1.82, 2.24) is 10.3 Å². The molecule has 0 radical (unpaired) electrons. The lowest BCUT2D eigenvalue weighted by Crippen LogP contribution is -2.27. The Labute approximate surface area is 192 Å². The predicted octanol–water partition coefficient (Wildman–Crippen LogP) is 5.81. The summed E-state index contributed by atoms with van der Waals surface area (Å²) in [6, 6.07) is 33.4. The van der Waals surface area contributed by atoms with Gasteiger partial charge in [0.05, 0.1) is 5.69 Å². The monoisotopic (exact) mass is 440 g/mol. The minimum absolute atomic E-state index is 0.0134. The minimum atomic E-state index is -0.320. The lowest BCUT2D eigenvalue weighted by atomic mass is 10.1. The van der Waals surface area contributed by atoms with E-state index in [-0.39, 0.29) is 11.2 Å². The molecule has 5 heteroatoms. The molecule has 0 aliphatic heterocycles. The summed E-state index contributed by atoms with van der Waals surface area (Å²) in [6.07, 6.45) is 1.75. The van der Waals surface area contributed by atoms with Crippen molar-refractivity contribution in [3.8, 4) is 5.75 Å². The molecule has 1 unspecified atom stereocenters. The maximum Gasteiger partial charge on any atom is 0.238 e. The van der Waals surface area contributed by atoms with E-state index in [1.54, 1.807) is 18.0 Å². The summed E-state index contributed by atoms with van der Waals surface area (Å²) in [5.74, 6) is 0.757. The number of hydrogen-bond acceptors (Lipinski definition) is 4. The fourth-order valence-corrected chi connectivity index (χ4v) is 4.23. The molecule has 3 aromatic carbocycles. The van der Waals surface area contributed by atoms with Gasteiger partial charge in [0.25, 0.3) is 0 Å². The molecular weight excluding hydrogens is 416 g/mol. The molecule has 0 aliphatic carbocycles. The van der Waals surface area contributed by atoms with E-state index in [0.717, 1.165) is 27.5 Å². The maximum absolute atomic E-state index is 13.1. The summed E-state index contributed by atoms with van der Waals surface area (Å²) in [7, 11) is 0. The molecule has 0 fully saturated rings. The number of hydrogen-bond donors (Lipinski definition) is 1. The number of rotatable bonds is 9. The van der Waals surface area contributed by atoms with Crippen LogP contribution in [-0.2, 0) is 17.9 Å². The van der Waals surface area contributed by atoms with Crippen molar-refractivity contribution in [1.29, 1.82) is 0 Å². The quantitative estimate of drug-likeness (QED) is 0.334. The number of benzene rings is 3. The first-order chi connectivity index (χ1) is 15.8. The van der Waals surface area contributed by atoms with E-state index in [2.05, 4.69) is 10.3 Å². The molecule has 1 aromatic heterocycles. The van der Waals surface area contributed by atoms with E-state index in [9.17, 15) is 4.79 Å². The van der Waals surface area contributed by atoms with Gasteiger partial charge < -0.3 is 10.1 Å². The van der Waals surface area contributed by atoms with Crippen LogP contribution >= 0.6 is 11.8 Å². The summed E-state index contributed by atoms with van der Waals surface area (Å²) in [5.41, 5.74) is 2.88. The number of nitrogens with zero attached hydrogens (tertiary/aromatic N) is 1. The van der Waals surface area contributed by atoms with Gasteiger partial charge in [0, 0.05) is 17.6 Å². The molecule has 0 bridgehead atoms. The number of carbonyl (C=O) groups excluding carboxylic acids is 1. The highest BCUT2D eigenvalue weighted by Crippen LogP contribution is 2.35. The Balaban J connectivity index is 1.36. The van der Waals surface area contributed by atoms with Crippen LogP contribution in [0.2, 0.25) is 0 Å². The molecular formula is C27H24N2O2S. The molecule has 0 spiro atoms. The standard InChI is InChI=1S/C27H24N2O2S/c30-27(26(22-9-3-1-4-10-22)32-25-12-5-2-6-13-25)29-19-21-14-16-24(17-15-21)31-20-23-11-7-8-18-28-23/h1-18,26H,19-20H2,(H,29,30). The van der Waals surface area contributed by atoms with Gasteiger partial charge >= 0.3 is 0 Å². The first-order valence-corrected chi connectivity index (χ1v) is 11.3.